The second-order valence-electron chi connectivity index (χ2n) is 4.62. The number of amides is 1. The third-order valence-electron chi connectivity index (χ3n) is 3.11. The molecule has 1 aliphatic heterocycles. The fourth-order valence-electron chi connectivity index (χ4n) is 2.25. The molecule has 2 N–H and O–H groups in total. The number of aliphatic hydroxyl groups is 1. The first kappa shape index (κ1) is 12.9. The fourth-order valence-corrected chi connectivity index (χ4v) is 2.25. The number of aliphatic hydroxyl groups excluding tert-OH is 1. The van der Waals surface area contributed by atoms with Crippen molar-refractivity contribution < 1.29 is 14.6 Å². The summed E-state index contributed by atoms with van der Waals surface area (Å²) in [6.45, 7) is 2.26. The van der Waals surface area contributed by atoms with E-state index in [2.05, 4.69) is 5.32 Å². The van der Waals surface area contributed by atoms with Crippen LogP contribution in [-0.4, -0.2) is 30.3 Å². The smallest absolute Gasteiger partial charge is 0.216 e. The zero-order valence-electron chi connectivity index (χ0n) is 10.6. The Labute approximate surface area is 107 Å². The molecule has 0 aliphatic carbocycles. The zero-order chi connectivity index (χ0) is 13.0. The molecule has 1 aliphatic rings. The van der Waals surface area contributed by atoms with Crippen LogP contribution in [0.15, 0.2) is 18.2 Å². The van der Waals surface area contributed by atoms with E-state index in [1.165, 1.54) is 12.5 Å². The molecule has 1 amide bonds. The summed E-state index contributed by atoms with van der Waals surface area (Å²) in [5.41, 5.74) is 2.33. The molecule has 0 saturated carbocycles. The fraction of sp³-hybridized carbons (Fsp3) is 0.500. The van der Waals surface area contributed by atoms with Gasteiger partial charge in [0.15, 0.2) is 0 Å². The quantitative estimate of drug-likeness (QED) is 0.767. The van der Waals surface area contributed by atoms with Gasteiger partial charge in [0, 0.05) is 19.9 Å². The van der Waals surface area contributed by atoms with Gasteiger partial charge in [0.25, 0.3) is 0 Å². The van der Waals surface area contributed by atoms with Crippen molar-refractivity contribution in [1.29, 1.82) is 0 Å². The third-order valence-corrected chi connectivity index (χ3v) is 3.11. The van der Waals surface area contributed by atoms with Gasteiger partial charge in [-0.25, -0.2) is 0 Å². The van der Waals surface area contributed by atoms with Crippen molar-refractivity contribution in [2.45, 2.75) is 32.3 Å². The number of hydrogen-bond acceptors (Lipinski definition) is 3. The monoisotopic (exact) mass is 249 g/mol. The van der Waals surface area contributed by atoms with Gasteiger partial charge >= 0.3 is 0 Å². The SMILES string of the molecule is CC(=O)NCCCc1cccc2c1OC(CO)C2. The highest BCUT2D eigenvalue weighted by atomic mass is 16.5. The molecule has 98 valence electrons. The minimum absolute atomic E-state index is 0.00452. The van der Waals surface area contributed by atoms with Gasteiger partial charge in [0.2, 0.25) is 5.91 Å². The minimum Gasteiger partial charge on any atom is -0.487 e. The number of para-hydroxylation sites is 1. The summed E-state index contributed by atoms with van der Waals surface area (Å²) < 4.78 is 5.73. The molecule has 0 bridgehead atoms. The predicted octanol–water partition coefficient (Wildman–Crippen LogP) is 1.05. The largest absolute Gasteiger partial charge is 0.487 e. The van der Waals surface area contributed by atoms with Crippen LogP contribution < -0.4 is 10.1 Å². The molecule has 1 heterocycles. The number of hydrogen-bond donors (Lipinski definition) is 2. The molecule has 2 rings (SSSR count). The maximum absolute atomic E-state index is 10.8. The lowest BCUT2D eigenvalue weighted by atomic mass is 10.0. The Kier molecular flexibility index (Phi) is 4.20. The molecule has 18 heavy (non-hydrogen) atoms. The van der Waals surface area contributed by atoms with Crippen LogP contribution >= 0.6 is 0 Å². The van der Waals surface area contributed by atoms with E-state index in [9.17, 15) is 4.79 Å². The number of benzene rings is 1. The van der Waals surface area contributed by atoms with E-state index in [1.807, 2.05) is 18.2 Å². The molecule has 0 saturated heterocycles. The van der Waals surface area contributed by atoms with Crippen molar-refractivity contribution in [2.24, 2.45) is 0 Å². The Bertz CT molecular complexity index is 431. The van der Waals surface area contributed by atoms with Gasteiger partial charge in [-0.1, -0.05) is 18.2 Å². The zero-order valence-corrected chi connectivity index (χ0v) is 10.6. The number of nitrogens with one attached hydrogen (secondary N) is 1. The average molecular weight is 249 g/mol. The molecule has 4 nitrogen and oxygen atoms in total. The topological polar surface area (TPSA) is 58.6 Å². The van der Waals surface area contributed by atoms with E-state index in [4.69, 9.17) is 9.84 Å². The highest BCUT2D eigenvalue weighted by Crippen LogP contribution is 2.33. The Morgan fingerprint density at radius 2 is 2.39 bits per heavy atom. The molecule has 1 unspecified atom stereocenters. The predicted molar refractivity (Wildman–Crippen MR) is 68.7 cm³/mol. The van der Waals surface area contributed by atoms with Gasteiger partial charge in [-0.2, -0.15) is 0 Å². The molecule has 0 radical (unpaired) electrons. The lowest BCUT2D eigenvalue weighted by molar-refractivity contribution is -0.118. The first-order valence-corrected chi connectivity index (χ1v) is 6.33. The van der Waals surface area contributed by atoms with Crippen LogP contribution in [-0.2, 0) is 17.6 Å². The number of carbonyl (C=O) groups excluding carboxylic acids is 1. The maximum atomic E-state index is 10.8. The van der Waals surface area contributed by atoms with E-state index in [0.717, 1.165) is 30.6 Å². The number of rotatable bonds is 5. The van der Waals surface area contributed by atoms with Gasteiger partial charge in [-0.05, 0) is 24.0 Å². The number of fused-ring (bicyclic) bond motifs is 1. The van der Waals surface area contributed by atoms with Gasteiger partial charge in [0.1, 0.15) is 11.9 Å². The van der Waals surface area contributed by atoms with Gasteiger partial charge in [-0.15, -0.1) is 0 Å². The van der Waals surface area contributed by atoms with Gasteiger partial charge < -0.3 is 15.2 Å². The summed E-state index contributed by atoms with van der Waals surface area (Å²) >= 11 is 0. The van der Waals surface area contributed by atoms with Crippen LogP contribution in [0, 0.1) is 0 Å². The highest BCUT2D eigenvalue weighted by Gasteiger charge is 2.23. The summed E-state index contributed by atoms with van der Waals surface area (Å²) in [6.07, 6.45) is 2.45. The average Bonchev–Trinajstić information content (AvgIpc) is 2.78. The molecule has 1 atom stereocenters. The maximum Gasteiger partial charge on any atom is 0.216 e. The van der Waals surface area contributed by atoms with E-state index in [0.29, 0.717) is 6.54 Å². The lowest BCUT2D eigenvalue weighted by Crippen LogP contribution is -2.21. The van der Waals surface area contributed by atoms with Crippen molar-refractivity contribution in [2.75, 3.05) is 13.2 Å². The van der Waals surface area contributed by atoms with E-state index in [1.54, 1.807) is 0 Å². The summed E-state index contributed by atoms with van der Waals surface area (Å²) in [7, 11) is 0. The Hall–Kier alpha value is -1.55. The molecule has 0 fully saturated rings. The molecule has 0 aromatic heterocycles. The van der Waals surface area contributed by atoms with Crippen molar-refractivity contribution in [1.82, 2.24) is 5.32 Å². The summed E-state index contributed by atoms with van der Waals surface area (Å²) in [4.78, 5) is 10.8. The van der Waals surface area contributed by atoms with Crippen molar-refractivity contribution in [3.63, 3.8) is 0 Å². The van der Waals surface area contributed by atoms with Crippen LogP contribution in [0.25, 0.3) is 0 Å². The number of ether oxygens (including phenoxy) is 1. The normalized spacial score (nSPS) is 17.1. The Balaban J connectivity index is 1.94. The second kappa shape index (κ2) is 5.87. The molecule has 1 aromatic rings. The summed E-state index contributed by atoms with van der Waals surface area (Å²) in [6, 6.07) is 6.12. The first-order valence-electron chi connectivity index (χ1n) is 6.33. The standard InChI is InChI=1S/C14H19NO3/c1-10(17)15-7-3-6-11-4-2-5-12-8-13(9-16)18-14(11)12/h2,4-5,13,16H,3,6-9H2,1H3,(H,15,17). The molecule has 0 spiro atoms. The number of aryl methyl sites for hydroxylation is 1. The Morgan fingerprint density at radius 3 is 3.11 bits per heavy atom. The van der Waals surface area contributed by atoms with Crippen molar-refractivity contribution >= 4 is 5.91 Å². The highest BCUT2D eigenvalue weighted by molar-refractivity contribution is 5.72. The summed E-state index contributed by atoms with van der Waals surface area (Å²) in [5, 5.41) is 11.9. The van der Waals surface area contributed by atoms with Crippen LogP contribution in [0.4, 0.5) is 0 Å². The molecular weight excluding hydrogens is 230 g/mol. The van der Waals surface area contributed by atoms with Crippen LogP contribution in [0.1, 0.15) is 24.5 Å². The first-order chi connectivity index (χ1) is 8.70. The summed E-state index contributed by atoms with van der Waals surface area (Å²) in [5.74, 6) is 0.935. The van der Waals surface area contributed by atoms with E-state index >= 15 is 0 Å². The molecule has 1 aromatic carbocycles. The van der Waals surface area contributed by atoms with Gasteiger partial charge in [0.05, 0.1) is 6.61 Å². The van der Waals surface area contributed by atoms with Crippen LogP contribution in [0.3, 0.4) is 0 Å². The van der Waals surface area contributed by atoms with Crippen LogP contribution in [0.5, 0.6) is 5.75 Å². The van der Waals surface area contributed by atoms with Crippen LogP contribution in [0.2, 0.25) is 0 Å². The molecule has 4 heteroatoms. The van der Waals surface area contributed by atoms with E-state index in [-0.39, 0.29) is 18.6 Å². The Morgan fingerprint density at radius 1 is 1.56 bits per heavy atom. The second-order valence-corrected chi connectivity index (χ2v) is 4.62. The third kappa shape index (κ3) is 3.01. The number of carbonyl (C=O) groups is 1. The minimum atomic E-state index is -0.100. The van der Waals surface area contributed by atoms with Crippen molar-refractivity contribution in [3.05, 3.63) is 29.3 Å². The van der Waals surface area contributed by atoms with E-state index < -0.39 is 0 Å². The molecular formula is C14H19NO3. The lowest BCUT2D eigenvalue weighted by Gasteiger charge is -2.10. The van der Waals surface area contributed by atoms with Crippen molar-refractivity contribution in [3.8, 4) is 5.75 Å². The van der Waals surface area contributed by atoms with Gasteiger partial charge in [-0.3, -0.25) is 4.79 Å².